The van der Waals surface area contributed by atoms with Gasteiger partial charge in [-0.1, -0.05) is 42.5 Å². The van der Waals surface area contributed by atoms with Crippen LogP contribution in [-0.4, -0.2) is 15.9 Å². The van der Waals surface area contributed by atoms with Crippen LogP contribution in [0.3, 0.4) is 0 Å². The number of hydrogen-bond donors (Lipinski definition) is 2. The van der Waals surface area contributed by atoms with Gasteiger partial charge in [0, 0.05) is 28.6 Å². The first-order chi connectivity index (χ1) is 14.2. The minimum absolute atomic E-state index is 0.143. The highest BCUT2D eigenvalue weighted by Crippen LogP contribution is 2.21. The second-order valence-electron chi connectivity index (χ2n) is 6.68. The third-order valence-electron chi connectivity index (χ3n) is 4.43. The zero-order chi connectivity index (χ0) is 20.1. The Morgan fingerprint density at radius 1 is 0.793 bits per heavy atom. The highest BCUT2D eigenvalue weighted by Gasteiger charge is 2.07. The fourth-order valence-electron chi connectivity index (χ4n) is 2.97. The first-order valence-electron chi connectivity index (χ1n) is 9.30. The quantitative estimate of drug-likeness (QED) is 0.483. The van der Waals surface area contributed by atoms with Crippen LogP contribution in [0.4, 0.5) is 17.2 Å². The summed E-state index contributed by atoms with van der Waals surface area (Å²) in [5, 5.41) is 6.17. The molecule has 0 aliphatic carbocycles. The lowest BCUT2D eigenvalue weighted by atomic mass is 10.1. The molecule has 0 fully saturated rings. The van der Waals surface area contributed by atoms with Gasteiger partial charge < -0.3 is 10.6 Å². The maximum absolute atomic E-state index is 12.4. The number of hydrogen-bond acceptors (Lipinski definition) is 4. The number of amides is 1. The molecular weight excluding hydrogens is 360 g/mol. The van der Waals surface area contributed by atoms with Gasteiger partial charge in [0.1, 0.15) is 12.1 Å². The van der Waals surface area contributed by atoms with Crippen molar-refractivity contribution in [1.82, 2.24) is 9.97 Å². The lowest BCUT2D eigenvalue weighted by Gasteiger charge is -2.09. The minimum Gasteiger partial charge on any atom is -0.340 e. The molecule has 0 unspecified atom stereocenters. The first kappa shape index (κ1) is 18.4. The molecule has 2 N–H and O–H groups in total. The molecule has 29 heavy (non-hydrogen) atoms. The second kappa shape index (κ2) is 8.35. The standard InChI is InChI=1S/C24H20N4O/c1-17-6-5-9-21(14-17)28-24(29)19-10-12-20(13-11-19)27-23-15-22(25-16-26-23)18-7-3-2-4-8-18/h2-16H,1H3,(H,28,29)(H,25,26,27). The van der Waals surface area contributed by atoms with Crippen molar-refractivity contribution in [1.29, 1.82) is 0 Å². The molecule has 5 heteroatoms. The van der Waals surface area contributed by atoms with E-state index in [4.69, 9.17) is 0 Å². The van der Waals surface area contributed by atoms with Gasteiger partial charge in [-0.15, -0.1) is 0 Å². The molecule has 0 atom stereocenters. The van der Waals surface area contributed by atoms with Crippen molar-refractivity contribution in [3.8, 4) is 11.3 Å². The van der Waals surface area contributed by atoms with Crippen molar-refractivity contribution in [2.75, 3.05) is 10.6 Å². The van der Waals surface area contributed by atoms with Crippen LogP contribution in [0, 0.1) is 6.92 Å². The monoisotopic (exact) mass is 380 g/mol. The number of benzene rings is 3. The molecule has 4 rings (SSSR count). The van der Waals surface area contributed by atoms with E-state index < -0.39 is 0 Å². The Labute approximate surface area is 169 Å². The average Bonchev–Trinajstić information content (AvgIpc) is 2.75. The molecule has 1 aromatic heterocycles. The normalized spacial score (nSPS) is 10.4. The third-order valence-corrected chi connectivity index (χ3v) is 4.43. The summed E-state index contributed by atoms with van der Waals surface area (Å²) in [6, 6.07) is 26.8. The Bertz CT molecular complexity index is 1120. The molecule has 0 aliphatic rings. The third kappa shape index (κ3) is 4.65. The van der Waals surface area contributed by atoms with Crippen LogP contribution in [0.25, 0.3) is 11.3 Å². The molecule has 3 aromatic carbocycles. The van der Waals surface area contributed by atoms with E-state index in [-0.39, 0.29) is 5.91 Å². The molecule has 0 aliphatic heterocycles. The van der Waals surface area contributed by atoms with E-state index in [0.29, 0.717) is 11.4 Å². The first-order valence-corrected chi connectivity index (χ1v) is 9.30. The van der Waals surface area contributed by atoms with E-state index in [1.807, 2.05) is 79.7 Å². The Hall–Kier alpha value is -3.99. The molecule has 0 bridgehead atoms. The van der Waals surface area contributed by atoms with Crippen molar-refractivity contribution in [3.63, 3.8) is 0 Å². The predicted molar refractivity (Wildman–Crippen MR) is 116 cm³/mol. The van der Waals surface area contributed by atoms with E-state index in [2.05, 4.69) is 20.6 Å². The molecular formula is C24H20N4O. The van der Waals surface area contributed by atoms with Gasteiger partial charge >= 0.3 is 0 Å². The summed E-state index contributed by atoms with van der Waals surface area (Å²) in [5.74, 6) is 0.548. The summed E-state index contributed by atoms with van der Waals surface area (Å²) < 4.78 is 0. The van der Waals surface area contributed by atoms with E-state index in [9.17, 15) is 4.79 Å². The number of anilines is 3. The molecule has 0 saturated heterocycles. The van der Waals surface area contributed by atoms with Crippen molar-refractivity contribution < 1.29 is 4.79 Å². The molecule has 0 saturated carbocycles. The molecule has 1 heterocycles. The van der Waals surface area contributed by atoms with Crippen molar-refractivity contribution >= 4 is 23.1 Å². The minimum atomic E-state index is -0.143. The number of aryl methyl sites for hydroxylation is 1. The Morgan fingerprint density at radius 3 is 2.34 bits per heavy atom. The van der Waals surface area contributed by atoms with E-state index in [1.54, 1.807) is 12.1 Å². The maximum Gasteiger partial charge on any atom is 0.255 e. The van der Waals surface area contributed by atoms with Crippen LogP contribution in [0.15, 0.2) is 91.3 Å². The molecule has 4 aromatic rings. The fraction of sp³-hybridized carbons (Fsp3) is 0.0417. The highest BCUT2D eigenvalue weighted by atomic mass is 16.1. The molecule has 1 amide bonds. The topological polar surface area (TPSA) is 66.9 Å². The van der Waals surface area contributed by atoms with Gasteiger partial charge in [0.2, 0.25) is 0 Å². The molecule has 0 radical (unpaired) electrons. The van der Waals surface area contributed by atoms with Crippen molar-refractivity contribution in [2.24, 2.45) is 0 Å². The van der Waals surface area contributed by atoms with Crippen LogP contribution in [0.5, 0.6) is 0 Å². The van der Waals surface area contributed by atoms with Crippen LogP contribution in [-0.2, 0) is 0 Å². The fourth-order valence-corrected chi connectivity index (χ4v) is 2.97. The van der Waals surface area contributed by atoms with Gasteiger partial charge in [0.05, 0.1) is 5.69 Å². The number of carbonyl (C=O) groups is 1. The highest BCUT2D eigenvalue weighted by molar-refractivity contribution is 6.04. The van der Waals surface area contributed by atoms with E-state index >= 15 is 0 Å². The van der Waals surface area contributed by atoms with Crippen LogP contribution in [0.2, 0.25) is 0 Å². The summed E-state index contributed by atoms with van der Waals surface area (Å²) in [7, 11) is 0. The van der Waals surface area contributed by atoms with Crippen LogP contribution >= 0.6 is 0 Å². The van der Waals surface area contributed by atoms with Crippen molar-refractivity contribution in [3.05, 3.63) is 102 Å². The van der Waals surface area contributed by atoms with Gasteiger partial charge in [0.25, 0.3) is 5.91 Å². The summed E-state index contributed by atoms with van der Waals surface area (Å²) in [4.78, 5) is 21.1. The van der Waals surface area contributed by atoms with Crippen LogP contribution < -0.4 is 10.6 Å². The zero-order valence-corrected chi connectivity index (χ0v) is 16.0. The summed E-state index contributed by atoms with van der Waals surface area (Å²) in [6.07, 6.45) is 1.54. The smallest absolute Gasteiger partial charge is 0.255 e. The summed E-state index contributed by atoms with van der Waals surface area (Å²) >= 11 is 0. The summed E-state index contributed by atoms with van der Waals surface area (Å²) in [6.45, 7) is 1.99. The molecule has 142 valence electrons. The number of aromatic nitrogens is 2. The van der Waals surface area contributed by atoms with E-state index in [0.717, 1.165) is 28.2 Å². The number of carbonyl (C=O) groups excluding carboxylic acids is 1. The van der Waals surface area contributed by atoms with Crippen molar-refractivity contribution in [2.45, 2.75) is 6.92 Å². The second-order valence-corrected chi connectivity index (χ2v) is 6.68. The van der Waals surface area contributed by atoms with Gasteiger partial charge in [0.15, 0.2) is 0 Å². The summed E-state index contributed by atoms with van der Waals surface area (Å²) in [5.41, 5.74) is 5.19. The largest absolute Gasteiger partial charge is 0.340 e. The predicted octanol–water partition coefficient (Wildman–Crippen LogP) is 5.45. The Morgan fingerprint density at radius 2 is 1.59 bits per heavy atom. The Kier molecular flexibility index (Phi) is 5.29. The number of nitrogens with zero attached hydrogens (tertiary/aromatic N) is 2. The SMILES string of the molecule is Cc1cccc(NC(=O)c2ccc(Nc3cc(-c4ccccc4)ncn3)cc2)c1. The Balaban J connectivity index is 1.45. The molecule has 0 spiro atoms. The van der Waals surface area contributed by atoms with Gasteiger partial charge in [-0.25, -0.2) is 9.97 Å². The number of nitrogens with one attached hydrogen (secondary N) is 2. The van der Waals surface area contributed by atoms with E-state index in [1.165, 1.54) is 6.33 Å². The van der Waals surface area contributed by atoms with Crippen LogP contribution in [0.1, 0.15) is 15.9 Å². The maximum atomic E-state index is 12.4. The average molecular weight is 380 g/mol. The van der Waals surface area contributed by atoms with Gasteiger partial charge in [-0.3, -0.25) is 4.79 Å². The molecule has 5 nitrogen and oxygen atoms in total. The van der Waals surface area contributed by atoms with Gasteiger partial charge in [-0.05, 0) is 48.9 Å². The number of rotatable bonds is 5. The zero-order valence-electron chi connectivity index (χ0n) is 16.0. The lowest BCUT2D eigenvalue weighted by Crippen LogP contribution is -2.11. The van der Waals surface area contributed by atoms with Gasteiger partial charge in [-0.2, -0.15) is 0 Å². The lowest BCUT2D eigenvalue weighted by molar-refractivity contribution is 0.102.